The van der Waals surface area contributed by atoms with Crippen molar-refractivity contribution in [3.63, 3.8) is 0 Å². The molecule has 21 heavy (non-hydrogen) atoms. The minimum absolute atomic E-state index is 0.558. The van der Waals surface area contributed by atoms with E-state index in [2.05, 4.69) is 41.1 Å². The highest BCUT2D eigenvalue weighted by atomic mass is 15.1. The molecule has 1 N–H and O–H groups in total. The molecule has 0 amide bonds. The van der Waals surface area contributed by atoms with Gasteiger partial charge < -0.3 is 0 Å². The van der Waals surface area contributed by atoms with E-state index >= 15 is 0 Å². The van der Waals surface area contributed by atoms with Crippen molar-refractivity contribution in [2.24, 2.45) is 17.3 Å². The van der Waals surface area contributed by atoms with Crippen LogP contribution in [-0.4, -0.2) is 34.7 Å². The molecule has 0 radical (unpaired) electrons. The van der Waals surface area contributed by atoms with E-state index in [1.165, 1.54) is 51.0 Å². The van der Waals surface area contributed by atoms with E-state index in [-0.39, 0.29) is 0 Å². The molecule has 4 aliphatic rings. The zero-order chi connectivity index (χ0) is 14.4. The molecule has 2 heterocycles. The summed E-state index contributed by atoms with van der Waals surface area (Å²) in [6, 6.07) is 2.15. The van der Waals surface area contributed by atoms with Crippen LogP contribution in [0.25, 0.3) is 0 Å². The van der Waals surface area contributed by atoms with Gasteiger partial charge >= 0.3 is 0 Å². The van der Waals surface area contributed by atoms with Crippen LogP contribution in [0.3, 0.4) is 0 Å². The van der Waals surface area contributed by atoms with Gasteiger partial charge in [-0.1, -0.05) is 25.5 Å². The number of aromatic amines is 1. The average molecular weight is 285 g/mol. The van der Waals surface area contributed by atoms with Crippen molar-refractivity contribution < 1.29 is 0 Å². The number of hydrogen-bond acceptors (Lipinski definition) is 2. The Morgan fingerprint density at radius 2 is 2.33 bits per heavy atom. The van der Waals surface area contributed by atoms with Crippen LogP contribution in [0, 0.1) is 17.3 Å². The fraction of sp³-hybridized carbons (Fsp3) is 0.722. The third kappa shape index (κ3) is 2.26. The Bertz CT molecular complexity index is 529. The number of H-pyrrole nitrogens is 1. The number of fused-ring (bicyclic) bond motifs is 1. The quantitative estimate of drug-likeness (QED) is 0.861. The molecule has 1 aliphatic heterocycles. The van der Waals surface area contributed by atoms with Gasteiger partial charge in [-0.3, -0.25) is 10.00 Å². The van der Waals surface area contributed by atoms with Gasteiger partial charge in [0.15, 0.2) is 0 Å². The maximum Gasteiger partial charge on any atom is 0.0490 e. The van der Waals surface area contributed by atoms with Crippen molar-refractivity contribution >= 4 is 0 Å². The second-order valence-electron chi connectivity index (χ2n) is 7.91. The maximum atomic E-state index is 4.12. The summed E-state index contributed by atoms with van der Waals surface area (Å²) in [4.78, 5) is 2.68. The van der Waals surface area contributed by atoms with Crippen LogP contribution in [0.5, 0.6) is 0 Å². The Hall–Kier alpha value is -1.09. The summed E-state index contributed by atoms with van der Waals surface area (Å²) in [6.45, 7) is 8.60. The first kappa shape index (κ1) is 13.6. The Morgan fingerprint density at radius 1 is 1.43 bits per heavy atom. The van der Waals surface area contributed by atoms with Crippen LogP contribution >= 0.6 is 0 Å². The highest BCUT2D eigenvalue weighted by molar-refractivity contribution is 5.24. The van der Waals surface area contributed by atoms with Crippen LogP contribution < -0.4 is 0 Å². The van der Waals surface area contributed by atoms with Gasteiger partial charge in [0.05, 0.1) is 0 Å². The summed E-state index contributed by atoms with van der Waals surface area (Å²) in [5.74, 6) is 2.45. The number of nitrogens with zero attached hydrogens (tertiary/aromatic N) is 2. The molecule has 1 saturated heterocycles. The number of hydrogen-bond donors (Lipinski definition) is 1. The van der Waals surface area contributed by atoms with E-state index in [0.29, 0.717) is 11.3 Å². The van der Waals surface area contributed by atoms with Crippen molar-refractivity contribution in [2.45, 2.75) is 45.4 Å². The van der Waals surface area contributed by atoms with E-state index in [9.17, 15) is 0 Å². The Balaban J connectivity index is 1.42. The second-order valence-corrected chi connectivity index (χ2v) is 7.91. The molecule has 0 unspecified atom stereocenters. The van der Waals surface area contributed by atoms with Gasteiger partial charge in [-0.15, -0.1) is 0 Å². The Kier molecular flexibility index (Phi) is 3.21. The smallest absolute Gasteiger partial charge is 0.0490 e. The van der Waals surface area contributed by atoms with Crippen molar-refractivity contribution in [3.05, 3.63) is 29.6 Å². The molecule has 114 valence electrons. The normalized spacial score (nSPS) is 35.1. The molecule has 1 aromatic heterocycles. The van der Waals surface area contributed by atoms with Crippen LogP contribution in [0.1, 0.15) is 51.1 Å². The highest BCUT2D eigenvalue weighted by Gasteiger charge is 2.51. The van der Waals surface area contributed by atoms with Crippen LogP contribution in [0.15, 0.2) is 23.9 Å². The summed E-state index contributed by atoms with van der Waals surface area (Å²) in [5, 5.41) is 7.29. The van der Waals surface area contributed by atoms with Gasteiger partial charge in [-0.2, -0.15) is 5.10 Å². The molecule has 2 bridgehead atoms. The lowest BCUT2D eigenvalue weighted by molar-refractivity contribution is -0.0113. The monoisotopic (exact) mass is 285 g/mol. The first-order valence-corrected chi connectivity index (χ1v) is 8.55. The van der Waals surface area contributed by atoms with Crippen molar-refractivity contribution in [1.82, 2.24) is 15.1 Å². The summed E-state index contributed by atoms with van der Waals surface area (Å²) in [7, 11) is 0. The van der Waals surface area contributed by atoms with E-state index < -0.39 is 0 Å². The third-order valence-corrected chi connectivity index (χ3v) is 6.46. The van der Waals surface area contributed by atoms with E-state index in [0.717, 1.165) is 11.8 Å². The molecule has 3 nitrogen and oxygen atoms in total. The van der Waals surface area contributed by atoms with Crippen LogP contribution in [0.4, 0.5) is 0 Å². The lowest BCUT2D eigenvalue weighted by atomic mass is 9.49. The minimum atomic E-state index is 0.558. The van der Waals surface area contributed by atoms with E-state index in [1.807, 2.05) is 6.20 Å². The zero-order valence-electron chi connectivity index (χ0n) is 13.3. The topological polar surface area (TPSA) is 31.9 Å². The fourth-order valence-corrected chi connectivity index (χ4v) is 4.86. The SMILES string of the molecule is CC1(C)[C@H]2CC=C(CN3CCC[C@H](c4ccn[nH]4)C3)[C@@H]1C2. The Morgan fingerprint density at radius 3 is 3.05 bits per heavy atom. The molecule has 0 spiro atoms. The fourth-order valence-electron chi connectivity index (χ4n) is 4.86. The second kappa shape index (κ2) is 4.98. The van der Waals surface area contributed by atoms with Gasteiger partial charge in [0.25, 0.3) is 0 Å². The zero-order valence-corrected chi connectivity index (χ0v) is 13.3. The van der Waals surface area contributed by atoms with Gasteiger partial charge in [0.2, 0.25) is 0 Å². The third-order valence-electron chi connectivity index (χ3n) is 6.46. The summed E-state index contributed by atoms with van der Waals surface area (Å²) in [5.41, 5.74) is 3.61. The lowest BCUT2D eigenvalue weighted by Gasteiger charge is -2.57. The van der Waals surface area contributed by atoms with Gasteiger partial charge in [-0.05, 0) is 55.5 Å². The van der Waals surface area contributed by atoms with Gasteiger partial charge in [-0.25, -0.2) is 0 Å². The predicted molar refractivity (Wildman–Crippen MR) is 85.1 cm³/mol. The first-order valence-electron chi connectivity index (χ1n) is 8.55. The average Bonchev–Trinajstić information content (AvgIpc) is 3.02. The molecule has 0 aromatic carbocycles. The van der Waals surface area contributed by atoms with Crippen molar-refractivity contribution in [1.29, 1.82) is 0 Å². The molecular formula is C18H27N3. The maximum absolute atomic E-state index is 4.12. The number of rotatable bonds is 3. The molecule has 1 saturated carbocycles. The molecule has 3 atom stereocenters. The van der Waals surface area contributed by atoms with E-state index in [1.54, 1.807) is 5.57 Å². The largest absolute Gasteiger partial charge is 0.299 e. The van der Waals surface area contributed by atoms with Crippen LogP contribution in [0.2, 0.25) is 0 Å². The lowest BCUT2D eigenvalue weighted by Crippen LogP contribution is -2.50. The van der Waals surface area contributed by atoms with Crippen LogP contribution in [-0.2, 0) is 0 Å². The molecule has 3 heteroatoms. The molecule has 1 aromatic rings. The van der Waals surface area contributed by atoms with Gasteiger partial charge in [0, 0.05) is 30.9 Å². The number of nitrogens with one attached hydrogen (secondary N) is 1. The van der Waals surface area contributed by atoms with Crippen molar-refractivity contribution in [3.8, 4) is 0 Å². The molecule has 3 aliphatic carbocycles. The molecule has 2 fully saturated rings. The van der Waals surface area contributed by atoms with E-state index in [4.69, 9.17) is 0 Å². The standard InChI is InChI=1S/C18H27N3/c1-18(2)15-6-5-13(16(18)10-15)11-21-9-3-4-14(12-21)17-7-8-19-20-17/h5,7-8,14-16H,3-4,6,9-12H2,1-2H3,(H,19,20)/t14-,15-,16-/m0/s1. The first-order chi connectivity index (χ1) is 10.1. The number of allylic oxidation sites excluding steroid dienone is 1. The number of aromatic nitrogens is 2. The predicted octanol–water partition coefficient (Wildman–Crippen LogP) is 3.58. The van der Waals surface area contributed by atoms with Crippen molar-refractivity contribution in [2.75, 3.05) is 19.6 Å². The summed E-state index contributed by atoms with van der Waals surface area (Å²) < 4.78 is 0. The van der Waals surface area contributed by atoms with Gasteiger partial charge in [0.1, 0.15) is 0 Å². The molecular weight excluding hydrogens is 258 g/mol. The number of likely N-dealkylation sites (tertiary alicyclic amines) is 1. The summed E-state index contributed by atoms with van der Waals surface area (Å²) in [6.07, 6.45) is 9.81. The summed E-state index contributed by atoms with van der Waals surface area (Å²) >= 11 is 0. The highest BCUT2D eigenvalue weighted by Crippen LogP contribution is 2.59. The number of piperidine rings is 1. The molecule has 5 rings (SSSR count). The minimum Gasteiger partial charge on any atom is -0.299 e. The Labute approximate surface area is 127 Å².